The Kier molecular flexibility index (Phi) is 6.35. The van der Waals surface area contributed by atoms with Crippen LogP contribution < -0.4 is 0 Å². The second kappa shape index (κ2) is 7.18. The maximum Gasteiger partial charge on any atom is 0.261 e. The molecule has 118 valence electrons. The number of carbonyl (C=O) groups is 1. The van der Waals surface area contributed by atoms with Crippen LogP contribution in [-0.4, -0.2) is 32.8 Å². The number of halogens is 3. The van der Waals surface area contributed by atoms with E-state index in [1.807, 2.05) is 13.8 Å². The zero-order chi connectivity index (χ0) is 16.4. The lowest BCUT2D eigenvalue weighted by Gasteiger charge is -2.19. The highest BCUT2D eigenvalue weighted by molar-refractivity contribution is 8.13. The summed E-state index contributed by atoms with van der Waals surface area (Å²) in [4.78, 5) is 13.6. The number of benzene rings is 1. The summed E-state index contributed by atoms with van der Waals surface area (Å²) < 4.78 is 22.8. The Morgan fingerprint density at radius 1 is 1.29 bits per heavy atom. The van der Waals surface area contributed by atoms with Crippen LogP contribution in [0.2, 0.25) is 10.0 Å². The molecule has 0 aromatic heterocycles. The number of hydrogen-bond acceptors (Lipinski definition) is 3. The van der Waals surface area contributed by atoms with Crippen molar-refractivity contribution in [2.75, 3.05) is 13.6 Å². The Hall–Kier alpha value is -0.490. The van der Waals surface area contributed by atoms with Gasteiger partial charge in [-0.2, -0.15) is 0 Å². The van der Waals surface area contributed by atoms with Crippen molar-refractivity contribution in [1.29, 1.82) is 0 Å². The highest BCUT2D eigenvalue weighted by atomic mass is 35.7. The molecule has 21 heavy (non-hydrogen) atoms. The molecule has 0 aliphatic rings. The van der Waals surface area contributed by atoms with Crippen molar-refractivity contribution >= 4 is 48.8 Å². The first-order valence-corrected chi connectivity index (χ1v) is 9.29. The summed E-state index contributed by atoms with van der Waals surface area (Å²) in [5, 5.41) is -0.0128. The van der Waals surface area contributed by atoms with Gasteiger partial charge in [0, 0.05) is 24.3 Å². The van der Waals surface area contributed by atoms with Crippen LogP contribution in [0.15, 0.2) is 17.0 Å². The molecule has 0 heterocycles. The summed E-state index contributed by atoms with van der Waals surface area (Å²) in [6.07, 6.45) is 0.821. The van der Waals surface area contributed by atoms with E-state index in [1.165, 1.54) is 4.90 Å². The number of carbonyl (C=O) groups excluding carboxylic acids is 1. The second-order valence-electron chi connectivity index (χ2n) is 5.11. The quantitative estimate of drug-likeness (QED) is 0.733. The third-order valence-corrected chi connectivity index (χ3v) is 5.04. The molecule has 0 bridgehead atoms. The lowest BCUT2D eigenvalue weighted by atomic mass is 10.1. The van der Waals surface area contributed by atoms with Gasteiger partial charge in [0.05, 0.1) is 20.5 Å². The molecule has 1 aromatic carbocycles. The monoisotopic (exact) mass is 371 g/mol. The van der Waals surface area contributed by atoms with Crippen molar-refractivity contribution in [3.8, 4) is 0 Å². The van der Waals surface area contributed by atoms with E-state index >= 15 is 0 Å². The summed E-state index contributed by atoms with van der Waals surface area (Å²) in [5.74, 6) is 0.0404. The molecular formula is C13H16Cl3NO3S. The van der Waals surface area contributed by atoms with Crippen LogP contribution in [0, 0.1) is 5.92 Å². The van der Waals surface area contributed by atoms with Crippen LogP contribution in [0.25, 0.3) is 0 Å². The Labute approximate surface area is 139 Å². The summed E-state index contributed by atoms with van der Waals surface area (Å²) in [6.45, 7) is 4.62. The Bertz CT molecular complexity index is 644. The van der Waals surface area contributed by atoms with E-state index in [4.69, 9.17) is 33.9 Å². The molecule has 0 atom stereocenters. The largest absolute Gasteiger partial charge is 0.342 e. The first kappa shape index (κ1) is 18.6. The lowest BCUT2D eigenvalue weighted by molar-refractivity contribution is 0.0789. The van der Waals surface area contributed by atoms with Gasteiger partial charge in [0.15, 0.2) is 0 Å². The van der Waals surface area contributed by atoms with Gasteiger partial charge >= 0.3 is 0 Å². The van der Waals surface area contributed by atoms with E-state index in [0.717, 1.165) is 18.6 Å². The van der Waals surface area contributed by atoms with Crippen LogP contribution in [0.3, 0.4) is 0 Å². The number of rotatable bonds is 5. The summed E-state index contributed by atoms with van der Waals surface area (Å²) in [7, 11) is 2.92. The first-order chi connectivity index (χ1) is 9.54. The van der Waals surface area contributed by atoms with E-state index in [-0.39, 0.29) is 20.5 Å². The van der Waals surface area contributed by atoms with Crippen molar-refractivity contribution in [2.45, 2.75) is 25.2 Å². The van der Waals surface area contributed by atoms with Crippen LogP contribution in [0.5, 0.6) is 0 Å². The van der Waals surface area contributed by atoms with Gasteiger partial charge in [-0.05, 0) is 24.5 Å². The Balaban J connectivity index is 3.17. The SMILES string of the molecule is CC(C)CCN(C)C(=O)c1cc(S(=O)(=O)Cl)cc(Cl)c1Cl. The van der Waals surface area contributed by atoms with Crippen LogP contribution in [-0.2, 0) is 9.05 Å². The molecular weight excluding hydrogens is 357 g/mol. The molecule has 0 aliphatic carbocycles. The first-order valence-electron chi connectivity index (χ1n) is 6.23. The third kappa shape index (κ3) is 5.02. The maximum absolute atomic E-state index is 12.4. The highest BCUT2D eigenvalue weighted by Crippen LogP contribution is 2.31. The van der Waals surface area contributed by atoms with Gasteiger partial charge in [-0.15, -0.1) is 0 Å². The van der Waals surface area contributed by atoms with E-state index in [0.29, 0.717) is 12.5 Å². The van der Waals surface area contributed by atoms with E-state index in [1.54, 1.807) is 7.05 Å². The molecule has 0 spiro atoms. The second-order valence-corrected chi connectivity index (χ2v) is 8.46. The van der Waals surface area contributed by atoms with Gasteiger partial charge in [0.25, 0.3) is 15.0 Å². The molecule has 0 aliphatic heterocycles. The van der Waals surface area contributed by atoms with Crippen LogP contribution in [0.1, 0.15) is 30.6 Å². The molecule has 1 aromatic rings. The lowest BCUT2D eigenvalue weighted by Crippen LogP contribution is -2.29. The van der Waals surface area contributed by atoms with E-state index in [9.17, 15) is 13.2 Å². The van der Waals surface area contributed by atoms with Gasteiger partial charge in [0.1, 0.15) is 0 Å². The van der Waals surface area contributed by atoms with Crippen molar-refractivity contribution in [2.24, 2.45) is 5.92 Å². The molecule has 8 heteroatoms. The molecule has 0 unspecified atom stereocenters. The predicted molar refractivity (Wildman–Crippen MR) is 85.9 cm³/mol. The van der Waals surface area contributed by atoms with Crippen LogP contribution >= 0.6 is 33.9 Å². The average Bonchev–Trinajstić information content (AvgIpc) is 2.36. The summed E-state index contributed by atoms with van der Waals surface area (Å²) >= 11 is 11.9. The molecule has 0 radical (unpaired) electrons. The van der Waals surface area contributed by atoms with E-state index in [2.05, 4.69) is 0 Å². The van der Waals surface area contributed by atoms with Gasteiger partial charge in [-0.25, -0.2) is 8.42 Å². The Morgan fingerprint density at radius 3 is 2.33 bits per heavy atom. The van der Waals surface area contributed by atoms with Crippen molar-refractivity contribution in [3.05, 3.63) is 27.7 Å². The Morgan fingerprint density at radius 2 is 1.86 bits per heavy atom. The smallest absolute Gasteiger partial charge is 0.261 e. The van der Waals surface area contributed by atoms with E-state index < -0.39 is 15.0 Å². The average molecular weight is 373 g/mol. The molecule has 0 saturated heterocycles. The molecule has 1 amide bonds. The van der Waals surface area contributed by atoms with Crippen molar-refractivity contribution in [3.63, 3.8) is 0 Å². The molecule has 0 N–H and O–H groups in total. The van der Waals surface area contributed by atoms with Gasteiger partial charge in [0.2, 0.25) is 0 Å². The summed E-state index contributed by atoms with van der Waals surface area (Å²) in [5.41, 5.74) is 0.0228. The number of nitrogens with zero attached hydrogens (tertiary/aromatic N) is 1. The number of amides is 1. The number of hydrogen-bond donors (Lipinski definition) is 0. The fraction of sp³-hybridized carbons (Fsp3) is 0.462. The van der Waals surface area contributed by atoms with Crippen molar-refractivity contribution < 1.29 is 13.2 Å². The van der Waals surface area contributed by atoms with Gasteiger partial charge in [-0.3, -0.25) is 4.79 Å². The molecule has 0 saturated carbocycles. The third-order valence-electron chi connectivity index (χ3n) is 2.90. The standard InChI is InChI=1S/C13H16Cl3NO3S/c1-8(2)4-5-17(3)13(18)10-6-9(21(16,19)20)7-11(14)12(10)15/h6-8H,4-5H2,1-3H3. The zero-order valence-electron chi connectivity index (χ0n) is 11.9. The minimum absolute atomic E-state index is 0.0159. The van der Waals surface area contributed by atoms with Crippen molar-refractivity contribution in [1.82, 2.24) is 4.90 Å². The summed E-state index contributed by atoms with van der Waals surface area (Å²) in [6, 6.07) is 2.27. The molecule has 4 nitrogen and oxygen atoms in total. The predicted octanol–water partition coefficient (Wildman–Crippen LogP) is 4.04. The minimum Gasteiger partial charge on any atom is -0.342 e. The minimum atomic E-state index is -3.99. The molecule has 1 rings (SSSR count). The topological polar surface area (TPSA) is 54.5 Å². The normalized spacial score (nSPS) is 11.8. The maximum atomic E-state index is 12.4. The molecule has 0 fully saturated rings. The fourth-order valence-corrected chi connectivity index (χ4v) is 2.88. The zero-order valence-corrected chi connectivity index (χ0v) is 14.9. The highest BCUT2D eigenvalue weighted by Gasteiger charge is 2.22. The fourth-order valence-electron chi connectivity index (χ4n) is 1.62. The van der Waals surface area contributed by atoms with Gasteiger partial charge in [-0.1, -0.05) is 37.0 Å². The van der Waals surface area contributed by atoms with Gasteiger partial charge < -0.3 is 4.90 Å². The van der Waals surface area contributed by atoms with Crippen LogP contribution in [0.4, 0.5) is 0 Å².